The Morgan fingerprint density at radius 3 is 2.43 bits per heavy atom. The van der Waals surface area contributed by atoms with Crippen LogP contribution in [-0.4, -0.2) is 38.1 Å². The molecule has 0 radical (unpaired) electrons. The van der Waals surface area contributed by atoms with Crippen LogP contribution in [0.2, 0.25) is 0 Å². The first kappa shape index (κ1) is 19.2. The number of rotatable bonds is 5. The molecule has 3 rings (SSSR count). The SMILES string of the molecule is CC(C)NC(=O)c1nc(C(=O)O)c(O)c2ncc(Cc3ccc(F)cc3)cc12. The highest BCUT2D eigenvalue weighted by molar-refractivity contribution is 6.08. The van der Waals surface area contributed by atoms with Crippen molar-refractivity contribution in [1.29, 1.82) is 0 Å². The fraction of sp³-hybridized carbons (Fsp3) is 0.200. The molecule has 0 aliphatic heterocycles. The summed E-state index contributed by atoms with van der Waals surface area (Å²) in [4.78, 5) is 31.9. The number of pyridine rings is 2. The van der Waals surface area contributed by atoms with E-state index in [0.717, 1.165) is 5.56 Å². The zero-order chi connectivity index (χ0) is 20.4. The fourth-order valence-corrected chi connectivity index (χ4v) is 2.80. The number of halogens is 1. The molecule has 1 amide bonds. The average molecular weight is 383 g/mol. The Hall–Kier alpha value is -3.55. The Morgan fingerprint density at radius 1 is 1.14 bits per heavy atom. The molecule has 0 saturated heterocycles. The Labute approximate surface area is 159 Å². The third kappa shape index (κ3) is 3.90. The van der Waals surface area contributed by atoms with Crippen LogP contribution in [0.25, 0.3) is 10.9 Å². The van der Waals surface area contributed by atoms with Gasteiger partial charge in [0, 0.05) is 17.6 Å². The number of fused-ring (bicyclic) bond motifs is 1. The average Bonchev–Trinajstić information content (AvgIpc) is 2.63. The van der Waals surface area contributed by atoms with Crippen molar-refractivity contribution in [3.8, 4) is 5.75 Å². The summed E-state index contributed by atoms with van der Waals surface area (Å²) in [6, 6.07) is 7.39. The van der Waals surface area contributed by atoms with Gasteiger partial charge in [-0.1, -0.05) is 12.1 Å². The number of aromatic carboxylic acids is 1. The standard InChI is InChI=1S/C20H18FN3O4/c1-10(2)23-19(26)16-14-8-12(7-11-3-5-13(21)6-4-11)9-22-15(14)18(25)17(24-16)20(27)28/h3-6,8-10,25H,7H2,1-2H3,(H,23,26)(H,27,28). The van der Waals surface area contributed by atoms with E-state index in [9.17, 15) is 24.2 Å². The van der Waals surface area contributed by atoms with Crippen molar-refractivity contribution in [3.63, 3.8) is 0 Å². The van der Waals surface area contributed by atoms with E-state index in [2.05, 4.69) is 15.3 Å². The summed E-state index contributed by atoms with van der Waals surface area (Å²) in [5.74, 6) is -2.97. The van der Waals surface area contributed by atoms with Gasteiger partial charge in [0.2, 0.25) is 0 Å². The summed E-state index contributed by atoms with van der Waals surface area (Å²) in [6.07, 6.45) is 1.89. The molecule has 0 aliphatic carbocycles. The van der Waals surface area contributed by atoms with Crippen LogP contribution < -0.4 is 5.32 Å². The number of carboxylic acids is 1. The number of carbonyl (C=O) groups excluding carboxylic acids is 1. The normalized spacial score (nSPS) is 11.0. The maximum Gasteiger partial charge on any atom is 0.358 e. The van der Waals surface area contributed by atoms with Gasteiger partial charge in [0.15, 0.2) is 11.4 Å². The van der Waals surface area contributed by atoms with Gasteiger partial charge in [-0.3, -0.25) is 9.78 Å². The van der Waals surface area contributed by atoms with E-state index in [1.807, 2.05) is 0 Å². The topological polar surface area (TPSA) is 112 Å². The highest BCUT2D eigenvalue weighted by Crippen LogP contribution is 2.29. The number of amides is 1. The molecule has 7 nitrogen and oxygen atoms in total. The number of hydrogen-bond donors (Lipinski definition) is 3. The van der Waals surface area contributed by atoms with Crippen LogP contribution >= 0.6 is 0 Å². The van der Waals surface area contributed by atoms with Crippen LogP contribution in [0.4, 0.5) is 4.39 Å². The lowest BCUT2D eigenvalue weighted by Crippen LogP contribution is -2.31. The predicted octanol–water partition coefficient (Wildman–Crippen LogP) is 2.90. The number of carboxylic acid groups (broad SMARTS) is 1. The van der Waals surface area contributed by atoms with Crippen LogP contribution in [0.15, 0.2) is 36.5 Å². The predicted molar refractivity (Wildman–Crippen MR) is 100.0 cm³/mol. The van der Waals surface area contributed by atoms with Crippen molar-refractivity contribution in [2.75, 3.05) is 0 Å². The molecule has 3 aromatic rings. The van der Waals surface area contributed by atoms with Gasteiger partial charge in [-0.05, 0) is 49.6 Å². The van der Waals surface area contributed by atoms with E-state index >= 15 is 0 Å². The second-order valence-electron chi connectivity index (χ2n) is 6.63. The third-order valence-electron chi connectivity index (χ3n) is 4.03. The molecule has 0 fully saturated rings. The smallest absolute Gasteiger partial charge is 0.358 e. The van der Waals surface area contributed by atoms with Crippen LogP contribution in [0.1, 0.15) is 46.0 Å². The number of hydrogen-bond acceptors (Lipinski definition) is 5. The minimum absolute atomic E-state index is 0.0239. The molecule has 0 unspecified atom stereocenters. The second-order valence-corrected chi connectivity index (χ2v) is 6.63. The number of benzene rings is 1. The Morgan fingerprint density at radius 2 is 1.82 bits per heavy atom. The minimum atomic E-state index is -1.46. The zero-order valence-corrected chi connectivity index (χ0v) is 15.2. The largest absolute Gasteiger partial charge is 0.504 e. The van der Waals surface area contributed by atoms with Gasteiger partial charge in [0.05, 0.1) is 0 Å². The molecule has 0 spiro atoms. The summed E-state index contributed by atoms with van der Waals surface area (Å²) in [7, 11) is 0. The molecular formula is C20H18FN3O4. The van der Waals surface area contributed by atoms with Crippen molar-refractivity contribution < 1.29 is 24.2 Å². The summed E-state index contributed by atoms with van der Waals surface area (Å²) < 4.78 is 13.1. The van der Waals surface area contributed by atoms with Gasteiger partial charge < -0.3 is 15.5 Å². The maximum absolute atomic E-state index is 13.1. The van der Waals surface area contributed by atoms with Gasteiger partial charge in [-0.25, -0.2) is 14.2 Å². The molecule has 1 aromatic carbocycles. The van der Waals surface area contributed by atoms with E-state index in [0.29, 0.717) is 12.0 Å². The van der Waals surface area contributed by atoms with Crippen LogP contribution in [0.3, 0.4) is 0 Å². The lowest BCUT2D eigenvalue weighted by molar-refractivity contribution is 0.0687. The number of aromatic hydroxyl groups is 1. The lowest BCUT2D eigenvalue weighted by atomic mass is 10.0. The van der Waals surface area contributed by atoms with Crippen molar-refractivity contribution in [3.05, 3.63) is 64.9 Å². The minimum Gasteiger partial charge on any atom is -0.504 e. The van der Waals surface area contributed by atoms with Gasteiger partial charge in [0.1, 0.15) is 17.0 Å². The quantitative estimate of drug-likeness (QED) is 0.624. The van der Waals surface area contributed by atoms with Gasteiger partial charge in [-0.15, -0.1) is 0 Å². The number of aromatic nitrogens is 2. The highest BCUT2D eigenvalue weighted by atomic mass is 19.1. The van der Waals surface area contributed by atoms with Crippen LogP contribution in [-0.2, 0) is 6.42 Å². The van der Waals surface area contributed by atoms with Gasteiger partial charge in [-0.2, -0.15) is 0 Å². The Bertz CT molecular complexity index is 1070. The first-order valence-corrected chi connectivity index (χ1v) is 8.56. The lowest BCUT2D eigenvalue weighted by Gasteiger charge is -2.13. The number of nitrogens with zero attached hydrogens (tertiary/aromatic N) is 2. The first-order valence-electron chi connectivity index (χ1n) is 8.56. The summed E-state index contributed by atoms with van der Waals surface area (Å²) in [6.45, 7) is 3.52. The van der Waals surface area contributed by atoms with Crippen molar-refractivity contribution in [2.24, 2.45) is 0 Å². The highest BCUT2D eigenvalue weighted by Gasteiger charge is 2.23. The van der Waals surface area contributed by atoms with E-state index in [1.165, 1.54) is 18.3 Å². The second kappa shape index (κ2) is 7.59. The van der Waals surface area contributed by atoms with Gasteiger partial charge in [0.25, 0.3) is 5.91 Å². The molecule has 2 aromatic heterocycles. The fourth-order valence-electron chi connectivity index (χ4n) is 2.80. The third-order valence-corrected chi connectivity index (χ3v) is 4.03. The van der Waals surface area contributed by atoms with E-state index in [4.69, 9.17) is 0 Å². The number of carbonyl (C=O) groups is 2. The Kier molecular flexibility index (Phi) is 5.21. The molecule has 144 valence electrons. The van der Waals surface area contributed by atoms with Crippen molar-refractivity contribution in [1.82, 2.24) is 15.3 Å². The van der Waals surface area contributed by atoms with Gasteiger partial charge >= 0.3 is 5.97 Å². The van der Waals surface area contributed by atoms with Crippen LogP contribution in [0.5, 0.6) is 5.75 Å². The van der Waals surface area contributed by atoms with E-state index < -0.39 is 23.3 Å². The molecular weight excluding hydrogens is 365 g/mol. The summed E-state index contributed by atoms with van der Waals surface area (Å²) in [5.41, 5.74) is 0.730. The first-order chi connectivity index (χ1) is 13.3. The van der Waals surface area contributed by atoms with Crippen LogP contribution in [0, 0.1) is 5.82 Å². The van der Waals surface area contributed by atoms with Crippen molar-refractivity contribution in [2.45, 2.75) is 26.3 Å². The molecule has 0 saturated carbocycles. The summed E-state index contributed by atoms with van der Waals surface area (Å²) >= 11 is 0. The summed E-state index contributed by atoms with van der Waals surface area (Å²) in [5, 5.41) is 22.4. The molecule has 8 heteroatoms. The van der Waals surface area contributed by atoms with Crippen molar-refractivity contribution >= 4 is 22.8 Å². The van der Waals surface area contributed by atoms with E-state index in [-0.39, 0.29) is 28.5 Å². The monoisotopic (exact) mass is 383 g/mol. The zero-order valence-electron chi connectivity index (χ0n) is 15.2. The molecule has 0 aliphatic rings. The molecule has 0 atom stereocenters. The number of nitrogens with one attached hydrogen (secondary N) is 1. The maximum atomic E-state index is 13.1. The Balaban J connectivity index is 2.13. The molecule has 0 bridgehead atoms. The van der Waals surface area contributed by atoms with E-state index in [1.54, 1.807) is 32.0 Å². The molecule has 28 heavy (non-hydrogen) atoms. The molecule has 2 heterocycles. The molecule has 3 N–H and O–H groups in total.